The molecule has 0 aliphatic heterocycles. The molecule has 2 nitrogen and oxygen atoms in total. The van der Waals surface area contributed by atoms with E-state index < -0.39 is 0 Å². The molecule has 1 heterocycles. The first kappa shape index (κ1) is 11.4. The molecule has 16 heavy (non-hydrogen) atoms. The number of anilines is 1. The maximum Gasteiger partial charge on any atom is 0.0401 e. The Labute approximate surface area is 109 Å². The van der Waals surface area contributed by atoms with Gasteiger partial charge >= 0.3 is 0 Å². The molecular formula is C13H13IN2. The van der Waals surface area contributed by atoms with Gasteiger partial charge in [0.25, 0.3) is 0 Å². The van der Waals surface area contributed by atoms with Crippen LogP contribution in [-0.4, -0.2) is 4.98 Å². The Hall–Kier alpha value is -1.10. The first-order valence-corrected chi connectivity index (χ1v) is 6.22. The number of benzene rings is 1. The number of nitrogens with one attached hydrogen (secondary N) is 1. The van der Waals surface area contributed by atoms with E-state index in [1.54, 1.807) is 0 Å². The maximum absolute atomic E-state index is 4.00. The predicted octanol–water partition coefficient (Wildman–Crippen LogP) is 3.61. The van der Waals surface area contributed by atoms with E-state index in [0.717, 1.165) is 12.2 Å². The van der Waals surface area contributed by atoms with Crippen molar-refractivity contribution in [2.24, 2.45) is 0 Å². The second-order valence-corrected chi connectivity index (χ2v) is 4.84. The number of rotatable bonds is 3. The molecule has 0 saturated carbocycles. The molecule has 2 rings (SSSR count). The van der Waals surface area contributed by atoms with Crippen LogP contribution in [0.25, 0.3) is 0 Å². The summed E-state index contributed by atoms with van der Waals surface area (Å²) in [5.41, 5.74) is 3.72. The third-order valence-electron chi connectivity index (χ3n) is 2.42. The van der Waals surface area contributed by atoms with Crippen LogP contribution in [0, 0.1) is 10.5 Å². The molecule has 0 aliphatic carbocycles. The van der Waals surface area contributed by atoms with Crippen LogP contribution in [0.4, 0.5) is 5.69 Å². The van der Waals surface area contributed by atoms with E-state index in [0.29, 0.717) is 0 Å². The third-order valence-corrected chi connectivity index (χ3v) is 3.58. The van der Waals surface area contributed by atoms with Crippen LogP contribution >= 0.6 is 22.6 Å². The van der Waals surface area contributed by atoms with E-state index in [9.17, 15) is 0 Å². The lowest BCUT2D eigenvalue weighted by atomic mass is 10.2. The van der Waals surface area contributed by atoms with Gasteiger partial charge in [0.05, 0.1) is 0 Å². The summed E-state index contributed by atoms with van der Waals surface area (Å²) in [4.78, 5) is 4.00. The van der Waals surface area contributed by atoms with Crippen molar-refractivity contribution in [2.45, 2.75) is 13.5 Å². The number of halogens is 1. The number of hydrogen-bond donors (Lipinski definition) is 1. The Morgan fingerprint density at radius 3 is 2.62 bits per heavy atom. The van der Waals surface area contributed by atoms with Crippen molar-refractivity contribution < 1.29 is 0 Å². The van der Waals surface area contributed by atoms with Crippen LogP contribution < -0.4 is 5.32 Å². The summed E-state index contributed by atoms with van der Waals surface area (Å²) in [5.74, 6) is 0. The average molecular weight is 324 g/mol. The number of aromatic nitrogens is 1. The van der Waals surface area contributed by atoms with Gasteiger partial charge in [0.2, 0.25) is 0 Å². The number of pyridine rings is 1. The van der Waals surface area contributed by atoms with E-state index >= 15 is 0 Å². The molecular weight excluding hydrogens is 311 g/mol. The van der Waals surface area contributed by atoms with Gasteiger partial charge < -0.3 is 5.32 Å². The van der Waals surface area contributed by atoms with Crippen LogP contribution in [0.15, 0.2) is 42.7 Å². The zero-order valence-electron chi connectivity index (χ0n) is 9.07. The fourth-order valence-corrected chi connectivity index (χ4v) is 1.92. The summed E-state index contributed by atoms with van der Waals surface area (Å²) >= 11 is 2.35. The average Bonchev–Trinajstić information content (AvgIpc) is 2.32. The first-order chi connectivity index (χ1) is 7.75. The highest BCUT2D eigenvalue weighted by atomic mass is 127. The molecule has 1 aromatic heterocycles. The molecule has 0 aliphatic rings. The van der Waals surface area contributed by atoms with Crippen molar-refractivity contribution in [3.63, 3.8) is 0 Å². The number of aryl methyl sites for hydroxylation is 1. The molecule has 1 N–H and O–H groups in total. The lowest BCUT2D eigenvalue weighted by Crippen LogP contribution is -1.99. The molecule has 1 aromatic carbocycles. The fourth-order valence-electron chi connectivity index (χ4n) is 1.41. The summed E-state index contributed by atoms with van der Waals surface area (Å²) in [6.45, 7) is 2.95. The normalized spacial score (nSPS) is 10.1. The minimum atomic E-state index is 0.835. The van der Waals surface area contributed by atoms with E-state index in [1.165, 1.54) is 14.7 Å². The second kappa shape index (κ2) is 5.30. The van der Waals surface area contributed by atoms with Gasteiger partial charge in [-0.05, 0) is 64.9 Å². The summed E-state index contributed by atoms with van der Waals surface area (Å²) in [5, 5.41) is 3.40. The highest BCUT2D eigenvalue weighted by Gasteiger charge is 1.97. The van der Waals surface area contributed by atoms with Gasteiger partial charge in [-0.25, -0.2) is 0 Å². The van der Waals surface area contributed by atoms with Crippen LogP contribution in [0.1, 0.15) is 11.1 Å². The Morgan fingerprint density at radius 2 is 1.94 bits per heavy atom. The lowest BCUT2D eigenvalue weighted by molar-refractivity contribution is 1.13. The van der Waals surface area contributed by atoms with Gasteiger partial charge in [0.1, 0.15) is 0 Å². The van der Waals surface area contributed by atoms with Crippen molar-refractivity contribution in [1.29, 1.82) is 0 Å². The standard InChI is InChI=1S/C13H13IN2/c1-10-2-3-12(8-13(10)14)16-9-11-4-6-15-7-5-11/h2-8,16H,9H2,1H3. The molecule has 0 radical (unpaired) electrons. The van der Waals surface area contributed by atoms with Crippen LogP contribution in [0.5, 0.6) is 0 Å². The zero-order chi connectivity index (χ0) is 11.4. The highest BCUT2D eigenvalue weighted by Crippen LogP contribution is 2.17. The fraction of sp³-hybridized carbons (Fsp3) is 0.154. The quantitative estimate of drug-likeness (QED) is 0.873. The van der Waals surface area contributed by atoms with Crippen LogP contribution in [-0.2, 0) is 6.54 Å². The molecule has 0 unspecified atom stereocenters. The predicted molar refractivity (Wildman–Crippen MR) is 75.5 cm³/mol. The largest absolute Gasteiger partial charge is 0.381 e. The molecule has 3 heteroatoms. The van der Waals surface area contributed by atoms with E-state index in [-0.39, 0.29) is 0 Å². The Bertz CT molecular complexity index is 469. The number of nitrogens with zero attached hydrogens (tertiary/aromatic N) is 1. The second-order valence-electron chi connectivity index (χ2n) is 3.67. The summed E-state index contributed by atoms with van der Waals surface area (Å²) in [6, 6.07) is 10.4. The highest BCUT2D eigenvalue weighted by molar-refractivity contribution is 14.1. The van der Waals surface area contributed by atoms with Gasteiger partial charge in [-0.2, -0.15) is 0 Å². The molecule has 2 aromatic rings. The molecule has 0 atom stereocenters. The first-order valence-electron chi connectivity index (χ1n) is 5.14. The van der Waals surface area contributed by atoms with Crippen molar-refractivity contribution >= 4 is 28.3 Å². The van der Waals surface area contributed by atoms with Crippen LogP contribution in [0.3, 0.4) is 0 Å². The van der Waals surface area contributed by atoms with E-state index in [1.807, 2.05) is 24.5 Å². The SMILES string of the molecule is Cc1ccc(NCc2ccncc2)cc1I. The zero-order valence-corrected chi connectivity index (χ0v) is 11.2. The smallest absolute Gasteiger partial charge is 0.0401 e. The molecule has 0 amide bonds. The van der Waals surface area contributed by atoms with Gasteiger partial charge in [-0.3, -0.25) is 4.98 Å². The Balaban J connectivity index is 2.03. The minimum absolute atomic E-state index is 0.835. The number of hydrogen-bond acceptors (Lipinski definition) is 2. The minimum Gasteiger partial charge on any atom is -0.381 e. The lowest BCUT2D eigenvalue weighted by Gasteiger charge is -2.07. The summed E-state index contributed by atoms with van der Waals surface area (Å²) in [6.07, 6.45) is 3.63. The molecule has 0 spiro atoms. The van der Waals surface area contributed by atoms with Crippen molar-refractivity contribution in [1.82, 2.24) is 4.98 Å². The van der Waals surface area contributed by atoms with E-state index in [4.69, 9.17) is 0 Å². The Kier molecular flexibility index (Phi) is 3.77. The maximum atomic E-state index is 4.00. The van der Waals surface area contributed by atoms with Gasteiger partial charge in [-0.1, -0.05) is 6.07 Å². The molecule has 0 saturated heterocycles. The van der Waals surface area contributed by atoms with Crippen LogP contribution in [0.2, 0.25) is 0 Å². The van der Waals surface area contributed by atoms with E-state index in [2.05, 4.69) is 58.0 Å². The van der Waals surface area contributed by atoms with Crippen molar-refractivity contribution in [3.8, 4) is 0 Å². The van der Waals surface area contributed by atoms with Gasteiger partial charge in [-0.15, -0.1) is 0 Å². The molecule has 0 fully saturated rings. The van der Waals surface area contributed by atoms with Crippen molar-refractivity contribution in [2.75, 3.05) is 5.32 Å². The van der Waals surface area contributed by atoms with Gasteiger partial charge in [0.15, 0.2) is 0 Å². The summed E-state index contributed by atoms with van der Waals surface area (Å²) < 4.78 is 1.29. The topological polar surface area (TPSA) is 24.9 Å². The van der Waals surface area contributed by atoms with Crippen molar-refractivity contribution in [3.05, 3.63) is 57.4 Å². The van der Waals surface area contributed by atoms with Gasteiger partial charge in [0, 0.05) is 28.2 Å². The summed E-state index contributed by atoms with van der Waals surface area (Å²) in [7, 11) is 0. The molecule has 82 valence electrons. The Morgan fingerprint density at radius 1 is 1.19 bits per heavy atom. The molecule has 0 bridgehead atoms. The third kappa shape index (κ3) is 2.95. The monoisotopic (exact) mass is 324 g/mol.